The number of benzene rings is 2. The van der Waals surface area contributed by atoms with E-state index in [1.807, 2.05) is 24.3 Å². The molecule has 2 N–H and O–H groups in total. The molecule has 0 bridgehead atoms. The summed E-state index contributed by atoms with van der Waals surface area (Å²) < 4.78 is 37.6. The van der Waals surface area contributed by atoms with Crippen molar-refractivity contribution >= 4 is 5.69 Å². The van der Waals surface area contributed by atoms with E-state index in [0.717, 1.165) is 11.1 Å². The van der Waals surface area contributed by atoms with Crippen LogP contribution in [0, 0.1) is 18.6 Å². The van der Waals surface area contributed by atoms with Gasteiger partial charge in [-0.25, -0.2) is 8.78 Å². The number of rotatable bonds is 5. The van der Waals surface area contributed by atoms with Gasteiger partial charge in [0.15, 0.2) is 5.76 Å². The van der Waals surface area contributed by atoms with E-state index in [1.54, 1.807) is 6.92 Å². The molecular formula is C18H16F2N2O2. The first-order valence-electron chi connectivity index (χ1n) is 7.38. The molecule has 0 fully saturated rings. The van der Waals surface area contributed by atoms with Crippen LogP contribution < -0.4 is 5.73 Å². The molecule has 0 unspecified atom stereocenters. The molecule has 0 radical (unpaired) electrons. The van der Waals surface area contributed by atoms with Crippen molar-refractivity contribution in [2.24, 2.45) is 0 Å². The molecule has 0 amide bonds. The number of nitrogens with zero attached hydrogens (tertiary/aromatic N) is 1. The second-order valence-electron chi connectivity index (χ2n) is 5.40. The Hall–Kier alpha value is -2.73. The number of nitrogens with two attached hydrogens (primary N) is 1. The topological polar surface area (TPSA) is 61.3 Å². The van der Waals surface area contributed by atoms with Crippen LogP contribution in [-0.2, 0) is 18.0 Å². The summed E-state index contributed by atoms with van der Waals surface area (Å²) in [6.07, 6.45) is 0. The summed E-state index contributed by atoms with van der Waals surface area (Å²) in [6, 6.07) is 11.1. The number of ether oxygens (including phenoxy) is 1. The fourth-order valence-electron chi connectivity index (χ4n) is 2.28. The van der Waals surface area contributed by atoms with Crippen molar-refractivity contribution in [2.45, 2.75) is 20.1 Å². The zero-order chi connectivity index (χ0) is 17.1. The van der Waals surface area contributed by atoms with Crippen LogP contribution in [0.3, 0.4) is 0 Å². The molecule has 0 aliphatic carbocycles. The van der Waals surface area contributed by atoms with E-state index in [-0.39, 0.29) is 18.8 Å². The van der Waals surface area contributed by atoms with Crippen molar-refractivity contribution in [3.05, 3.63) is 70.9 Å². The zero-order valence-corrected chi connectivity index (χ0v) is 13.1. The highest BCUT2D eigenvalue weighted by molar-refractivity contribution is 5.72. The predicted octanol–water partition coefficient (Wildman–Crippen LogP) is 4.23. The lowest BCUT2D eigenvalue weighted by Crippen LogP contribution is -2.00. The quantitative estimate of drug-likeness (QED) is 0.760. The van der Waals surface area contributed by atoms with Gasteiger partial charge in [-0.15, -0.1) is 0 Å². The number of nitrogen functional groups attached to an aromatic ring is 1. The van der Waals surface area contributed by atoms with Gasteiger partial charge in [-0.3, -0.25) is 0 Å². The van der Waals surface area contributed by atoms with Gasteiger partial charge < -0.3 is 15.0 Å². The third kappa shape index (κ3) is 3.28. The van der Waals surface area contributed by atoms with E-state index < -0.39 is 11.6 Å². The molecule has 24 heavy (non-hydrogen) atoms. The summed E-state index contributed by atoms with van der Waals surface area (Å²) in [6.45, 7) is 1.87. The van der Waals surface area contributed by atoms with Crippen LogP contribution in [-0.4, -0.2) is 5.16 Å². The number of aryl methyl sites for hydroxylation is 1. The Kier molecular flexibility index (Phi) is 4.57. The SMILES string of the molecule is Cc1noc(-c2ccc(COCc3c(F)cccc3F)cc2)c1N. The van der Waals surface area contributed by atoms with E-state index in [4.69, 9.17) is 15.0 Å². The molecular weight excluding hydrogens is 314 g/mol. The summed E-state index contributed by atoms with van der Waals surface area (Å²) in [5.41, 5.74) is 8.64. The summed E-state index contributed by atoms with van der Waals surface area (Å²) in [5.74, 6) is -0.698. The third-order valence-electron chi connectivity index (χ3n) is 3.70. The lowest BCUT2D eigenvalue weighted by atomic mass is 10.1. The van der Waals surface area contributed by atoms with E-state index in [9.17, 15) is 8.78 Å². The number of anilines is 1. The van der Waals surface area contributed by atoms with Gasteiger partial charge in [-0.05, 0) is 24.6 Å². The Morgan fingerprint density at radius 1 is 1.04 bits per heavy atom. The Bertz CT molecular complexity index is 824. The second-order valence-corrected chi connectivity index (χ2v) is 5.40. The van der Waals surface area contributed by atoms with Crippen LogP contribution in [0.25, 0.3) is 11.3 Å². The van der Waals surface area contributed by atoms with Crippen molar-refractivity contribution < 1.29 is 18.0 Å². The molecule has 0 atom stereocenters. The Morgan fingerprint density at radius 2 is 1.71 bits per heavy atom. The monoisotopic (exact) mass is 330 g/mol. The Balaban J connectivity index is 1.64. The van der Waals surface area contributed by atoms with Gasteiger partial charge in [-0.2, -0.15) is 0 Å². The molecule has 0 saturated carbocycles. The van der Waals surface area contributed by atoms with Crippen molar-refractivity contribution in [1.82, 2.24) is 5.16 Å². The number of hydrogen-bond acceptors (Lipinski definition) is 4. The molecule has 1 aromatic heterocycles. The fraction of sp³-hybridized carbons (Fsp3) is 0.167. The van der Waals surface area contributed by atoms with Gasteiger partial charge in [0.25, 0.3) is 0 Å². The van der Waals surface area contributed by atoms with Crippen LogP contribution in [0.4, 0.5) is 14.5 Å². The third-order valence-corrected chi connectivity index (χ3v) is 3.70. The molecule has 2 aromatic carbocycles. The molecule has 0 spiro atoms. The Labute approximate surface area is 137 Å². The van der Waals surface area contributed by atoms with Gasteiger partial charge in [0, 0.05) is 11.1 Å². The molecule has 0 aliphatic rings. The van der Waals surface area contributed by atoms with Gasteiger partial charge in [0.05, 0.1) is 13.2 Å². The average Bonchev–Trinajstić information content (AvgIpc) is 2.90. The molecule has 3 rings (SSSR count). The molecule has 3 aromatic rings. The van der Waals surface area contributed by atoms with Crippen LogP contribution >= 0.6 is 0 Å². The summed E-state index contributed by atoms with van der Waals surface area (Å²) in [4.78, 5) is 0. The van der Waals surface area contributed by atoms with Crippen molar-refractivity contribution in [3.63, 3.8) is 0 Å². The first kappa shape index (κ1) is 16.1. The molecule has 0 saturated heterocycles. The molecule has 124 valence electrons. The summed E-state index contributed by atoms with van der Waals surface area (Å²) in [7, 11) is 0. The van der Waals surface area contributed by atoms with E-state index in [0.29, 0.717) is 17.1 Å². The highest BCUT2D eigenvalue weighted by atomic mass is 19.1. The van der Waals surface area contributed by atoms with Gasteiger partial charge in [-0.1, -0.05) is 35.5 Å². The predicted molar refractivity (Wildman–Crippen MR) is 85.9 cm³/mol. The highest BCUT2D eigenvalue weighted by Crippen LogP contribution is 2.28. The van der Waals surface area contributed by atoms with E-state index >= 15 is 0 Å². The van der Waals surface area contributed by atoms with Gasteiger partial charge >= 0.3 is 0 Å². The summed E-state index contributed by atoms with van der Waals surface area (Å²) in [5, 5.41) is 3.82. The number of hydrogen-bond donors (Lipinski definition) is 1. The lowest BCUT2D eigenvalue weighted by molar-refractivity contribution is 0.102. The molecule has 1 heterocycles. The second kappa shape index (κ2) is 6.80. The minimum absolute atomic E-state index is 0.0703. The molecule has 6 heteroatoms. The largest absolute Gasteiger partial charge is 0.394 e. The zero-order valence-electron chi connectivity index (χ0n) is 13.1. The van der Waals surface area contributed by atoms with Gasteiger partial charge in [0.2, 0.25) is 0 Å². The van der Waals surface area contributed by atoms with Gasteiger partial charge in [0.1, 0.15) is 23.0 Å². The maximum Gasteiger partial charge on any atom is 0.189 e. The lowest BCUT2D eigenvalue weighted by Gasteiger charge is -2.07. The number of aromatic nitrogens is 1. The Morgan fingerprint density at radius 3 is 2.29 bits per heavy atom. The molecule has 0 aliphatic heterocycles. The average molecular weight is 330 g/mol. The van der Waals surface area contributed by atoms with Crippen LogP contribution in [0.1, 0.15) is 16.8 Å². The van der Waals surface area contributed by atoms with Crippen molar-refractivity contribution in [2.75, 3.05) is 5.73 Å². The van der Waals surface area contributed by atoms with E-state index in [1.165, 1.54) is 18.2 Å². The highest BCUT2D eigenvalue weighted by Gasteiger charge is 2.12. The molecule has 4 nitrogen and oxygen atoms in total. The summed E-state index contributed by atoms with van der Waals surface area (Å²) >= 11 is 0. The fourth-order valence-corrected chi connectivity index (χ4v) is 2.28. The first-order valence-corrected chi connectivity index (χ1v) is 7.38. The minimum atomic E-state index is -0.610. The number of halogens is 2. The van der Waals surface area contributed by atoms with E-state index in [2.05, 4.69) is 5.16 Å². The normalized spacial score (nSPS) is 11.0. The standard InChI is InChI=1S/C18H16F2N2O2/c1-11-17(21)18(24-22-11)13-7-5-12(6-8-13)9-23-10-14-15(19)3-2-4-16(14)20/h2-8H,9-10,21H2,1H3. The minimum Gasteiger partial charge on any atom is -0.394 e. The van der Waals surface area contributed by atoms with Crippen LogP contribution in [0.15, 0.2) is 47.0 Å². The van der Waals surface area contributed by atoms with Crippen molar-refractivity contribution in [1.29, 1.82) is 0 Å². The van der Waals surface area contributed by atoms with Crippen LogP contribution in [0.5, 0.6) is 0 Å². The maximum absolute atomic E-state index is 13.5. The van der Waals surface area contributed by atoms with Crippen LogP contribution in [0.2, 0.25) is 0 Å². The maximum atomic E-state index is 13.5. The smallest absolute Gasteiger partial charge is 0.189 e. The first-order chi connectivity index (χ1) is 11.6. The van der Waals surface area contributed by atoms with Crippen molar-refractivity contribution in [3.8, 4) is 11.3 Å².